The van der Waals surface area contributed by atoms with Gasteiger partial charge < -0.3 is 0 Å². The lowest BCUT2D eigenvalue weighted by Crippen LogP contribution is -2.22. The van der Waals surface area contributed by atoms with Crippen molar-refractivity contribution >= 4 is 24.0 Å². The van der Waals surface area contributed by atoms with Gasteiger partial charge in [-0.25, -0.2) is 0 Å². The van der Waals surface area contributed by atoms with Crippen molar-refractivity contribution in [2.24, 2.45) is 11.8 Å². The van der Waals surface area contributed by atoms with Crippen LogP contribution in [-0.2, 0) is 0 Å². The molecule has 0 aromatic rings. The monoisotopic (exact) mass is 266 g/mol. The van der Waals surface area contributed by atoms with E-state index in [0.717, 1.165) is 11.8 Å². The summed E-state index contributed by atoms with van der Waals surface area (Å²) in [5.74, 6) is 2.31. The first-order chi connectivity index (χ1) is 4.97. The molecular weight excluding hydrogens is 247 g/mol. The van der Waals surface area contributed by atoms with Crippen molar-refractivity contribution in [3.8, 4) is 0 Å². The maximum Gasteiger partial charge on any atom is -0.0386 e. The van der Waals surface area contributed by atoms with Crippen LogP contribution in [0.1, 0.15) is 51.4 Å². The summed E-state index contributed by atoms with van der Waals surface area (Å²) >= 11 is 0. The van der Waals surface area contributed by atoms with E-state index in [0.29, 0.717) is 0 Å². The summed E-state index contributed by atoms with van der Waals surface area (Å²) in [7, 11) is 0. The Morgan fingerprint density at radius 2 is 0.818 bits per heavy atom. The summed E-state index contributed by atoms with van der Waals surface area (Å²) in [5, 5.41) is 0. The average molecular weight is 266 g/mol. The summed E-state index contributed by atoms with van der Waals surface area (Å²) in [5.41, 5.74) is 0. The molecule has 0 N–H and O–H groups in total. The molecule has 2 aliphatic rings. The van der Waals surface area contributed by atoms with Gasteiger partial charge in [0.2, 0.25) is 0 Å². The van der Waals surface area contributed by atoms with Crippen molar-refractivity contribution in [1.82, 2.24) is 0 Å². The van der Waals surface area contributed by atoms with Gasteiger partial charge >= 0.3 is 0 Å². The molecule has 0 heterocycles. The third kappa shape index (κ3) is 2.33. The van der Waals surface area contributed by atoms with Crippen LogP contribution >= 0.6 is 24.0 Å². The third-order valence-electron chi connectivity index (χ3n) is 3.47. The summed E-state index contributed by atoms with van der Waals surface area (Å²) in [6.45, 7) is 0. The smallest absolute Gasteiger partial charge is 0.0386 e. The molecule has 0 aromatic carbocycles. The fourth-order valence-corrected chi connectivity index (χ4v) is 2.86. The van der Waals surface area contributed by atoms with E-state index in [1.54, 1.807) is 25.7 Å². The molecule has 0 spiro atoms. The minimum atomic E-state index is 0. The van der Waals surface area contributed by atoms with Crippen LogP contribution in [0.3, 0.4) is 0 Å². The van der Waals surface area contributed by atoms with Crippen LogP contribution in [0.2, 0.25) is 0 Å². The van der Waals surface area contributed by atoms with Gasteiger partial charge in [0.25, 0.3) is 0 Å². The molecule has 0 radical (unpaired) electrons. The molecule has 2 aliphatic carbocycles. The van der Waals surface area contributed by atoms with E-state index < -0.39 is 0 Å². The molecule has 0 saturated heterocycles. The first-order valence-corrected chi connectivity index (χ1v) is 4.97. The maximum atomic E-state index is 1.56. The second-order valence-electron chi connectivity index (χ2n) is 4.09. The van der Waals surface area contributed by atoms with Gasteiger partial charge in [-0.05, 0) is 11.8 Å². The Labute approximate surface area is 87.2 Å². The molecule has 0 amide bonds. The molecule has 1 heteroatoms. The molecule has 0 atom stereocenters. The van der Waals surface area contributed by atoms with Crippen molar-refractivity contribution in [2.45, 2.75) is 51.4 Å². The zero-order valence-corrected chi connectivity index (χ0v) is 9.55. The van der Waals surface area contributed by atoms with Crippen molar-refractivity contribution < 1.29 is 0 Å². The molecule has 2 fully saturated rings. The second-order valence-corrected chi connectivity index (χ2v) is 4.09. The summed E-state index contributed by atoms with van der Waals surface area (Å²) in [6.07, 6.45) is 12.4. The van der Waals surface area contributed by atoms with Crippen LogP contribution in [0.25, 0.3) is 0 Å². The van der Waals surface area contributed by atoms with E-state index in [2.05, 4.69) is 0 Å². The van der Waals surface area contributed by atoms with E-state index in [1.165, 1.54) is 25.7 Å². The predicted octanol–water partition coefficient (Wildman–Crippen LogP) is 3.98. The molecule has 2 saturated carbocycles. The second kappa shape index (κ2) is 4.68. The molecule has 0 unspecified atom stereocenters. The Balaban J connectivity index is 0.000000605. The normalized spacial score (nSPS) is 37.1. The zero-order valence-electron chi connectivity index (χ0n) is 7.22. The minimum Gasteiger partial charge on any atom is -0.107 e. The first-order valence-electron chi connectivity index (χ1n) is 4.97. The maximum absolute atomic E-state index is 1.56. The van der Waals surface area contributed by atoms with Crippen molar-refractivity contribution in [1.29, 1.82) is 0 Å². The van der Waals surface area contributed by atoms with Crippen LogP contribution < -0.4 is 0 Å². The molecule has 0 aliphatic heterocycles. The Kier molecular flexibility index (Phi) is 4.18. The van der Waals surface area contributed by atoms with Crippen LogP contribution in [0, 0.1) is 11.8 Å². The Bertz CT molecular complexity index is 85.4. The SMILES string of the molecule is C1CCC2CCCCC2C1.I. The zero-order chi connectivity index (χ0) is 6.81. The lowest BCUT2D eigenvalue weighted by molar-refractivity contribution is 0.171. The van der Waals surface area contributed by atoms with Crippen LogP contribution in [0.5, 0.6) is 0 Å². The van der Waals surface area contributed by atoms with Gasteiger partial charge in [-0.2, -0.15) is 0 Å². The number of hydrogen-bond donors (Lipinski definition) is 0. The van der Waals surface area contributed by atoms with Crippen molar-refractivity contribution in [3.63, 3.8) is 0 Å². The number of halogens is 1. The molecule has 2 rings (SSSR count). The summed E-state index contributed by atoms with van der Waals surface area (Å²) in [4.78, 5) is 0. The van der Waals surface area contributed by atoms with E-state index in [4.69, 9.17) is 0 Å². The lowest BCUT2D eigenvalue weighted by Gasteiger charge is -2.35. The highest BCUT2D eigenvalue weighted by atomic mass is 127. The number of rotatable bonds is 0. The predicted molar refractivity (Wildman–Crippen MR) is 59.3 cm³/mol. The highest BCUT2D eigenvalue weighted by Gasteiger charge is 2.26. The van der Waals surface area contributed by atoms with Gasteiger partial charge in [0, 0.05) is 0 Å². The molecule has 0 bridgehead atoms. The molecular formula is C10H19I. The standard InChI is InChI=1S/C10H18.HI/c1-2-6-10-8-4-3-7-9(10)5-1;/h9-10H,1-8H2;1H. The molecule has 0 aromatic heterocycles. The van der Waals surface area contributed by atoms with Crippen LogP contribution in [0.4, 0.5) is 0 Å². The van der Waals surface area contributed by atoms with E-state index in [1.807, 2.05) is 0 Å². The minimum absolute atomic E-state index is 0. The average Bonchev–Trinajstić information content (AvgIpc) is 2.05. The van der Waals surface area contributed by atoms with E-state index in [9.17, 15) is 0 Å². The molecule has 66 valence electrons. The van der Waals surface area contributed by atoms with Gasteiger partial charge in [0.05, 0.1) is 0 Å². The summed E-state index contributed by atoms with van der Waals surface area (Å²) < 4.78 is 0. The highest BCUT2D eigenvalue weighted by molar-refractivity contribution is 14.0. The van der Waals surface area contributed by atoms with Crippen LogP contribution in [0.15, 0.2) is 0 Å². The van der Waals surface area contributed by atoms with Crippen LogP contribution in [-0.4, -0.2) is 0 Å². The Morgan fingerprint density at radius 3 is 1.09 bits per heavy atom. The fraction of sp³-hybridized carbons (Fsp3) is 1.00. The van der Waals surface area contributed by atoms with Gasteiger partial charge in [-0.15, -0.1) is 24.0 Å². The molecule has 11 heavy (non-hydrogen) atoms. The summed E-state index contributed by atoms with van der Waals surface area (Å²) in [6, 6.07) is 0. The highest BCUT2D eigenvalue weighted by Crippen LogP contribution is 2.39. The van der Waals surface area contributed by atoms with Gasteiger partial charge in [-0.1, -0.05) is 51.4 Å². The Hall–Kier alpha value is 0.730. The van der Waals surface area contributed by atoms with Gasteiger partial charge in [-0.3, -0.25) is 0 Å². The number of fused-ring (bicyclic) bond motifs is 1. The largest absolute Gasteiger partial charge is 0.107 e. The first kappa shape index (κ1) is 9.82. The van der Waals surface area contributed by atoms with Crippen molar-refractivity contribution in [2.75, 3.05) is 0 Å². The topological polar surface area (TPSA) is 0 Å². The fourth-order valence-electron chi connectivity index (χ4n) is 2.86. The Morgan fingerprint density at radius 1 is 0.545 bits per heavy atom. The molecule has 0 nitrogen and oxygen atoms in total. The van der Waals surface area contributed by atoms with Crippen molar-refractivity contribution in [3.05, 3.63) is 0 Å². The van der Waals surface area contributed by atoms with E-state index in [-0.39, 0.29) is 24.0 Å². The number of hydrogen-bond acceptors (Lipinski definition) is 0. The van der Waals surface area contributed by atoms with Gasteiger partial charge in [0.15, 0.2) is 0 Å². The van der Waals surface area contributed by atoms with Gasteiger partial charge in [0.1, 0.15) is 0 Å². The quantitative estimate of drug-likeness (QED) is 0.582. The lowest BCUT2D eigenvalue weighted by atomic mass is 9.71. The third-order valence-corrected chi connectivity index (χ3v) is 3.47. The van der Waals surface area contributed by atoms with E-state index >= 15 is 0 Å².